The van der Waals surface area contributed by atoms with E-state index in [1.54, 1.807) is 12.4 Å². The Labute approximate surface area is 213 Å². The number of rotatable bonds is 4. The Bertz CT molecular complexity index is 1190. The van der Waals surface area contributed by atoms with E-state index in [1.165, 1.54) is 12.8 Å². The first-order valence-electron chi connectivity index (χ1n) is 11.8. The average Bonchev–Trinajstić information content (AvgIpc) is 3.43. The Morgan fingerprint density at radius 1 is 1.15 bits per heavy atom. The van der Waals surface area contributed by atoms with Gasteiger partial charge in [0.2, 0.25) is 5.95 Å². The number of piperidine rings is 1. The number of nitrogens with zero attached hydrogens (tertiary/aromatic N) is 5. The molecule has 7 nitrogen and oxygen atoms in total. The largest absolute Gasteiger partial charge is 0.598 e. The Balaban J connectivity index is 1.38. The maximum Gasteiger partial charge on any atom is 0.212 e. The molecule has 3 heterocycles. The lowest BCUT2D eigenvalue weighted by Gasteiger charge is -2.44. The molecule has 2 aromatic heterocycles. The minimum Gasteiger partial charge on any atom is -0.598 e. The van der Waals surface area contributed by atoms with Gasteiger partial charge in [-0.05, 0) is 57.9 Å². The van der Waals surface area contributed by atoms with Crippen LogP contribution in [0.3, 0.4) is 0 Å². The normalized spacial score (nSPS) is 21.5. The summed E-state index contributed by atoms with van der Waals surface area (Å²) in [4.78, 5) is 7.11. The van der Waals surface area contributed by atoms with Gasteiger partial charge in [-0.3, -0.25) is 4.40 Å². The van der Waals surface area contributed by atoms with Crippen LogP contribution in [-0.2, 0) is 11.4 Å². The molecule has 1 unspecified atom stereocenters. The van der Waals surface area contributed by atoms with Gasteiger partial charge >= 0.3 is 0 Å². The van der Waals surface area contributed by atoms with E-state index in [1.807, 2.05) is 43.5 Å². The monoisotopic (exact) mass is 520 g/mol. The van der Waals surface area contributed by atoms with Gasteiger partial charge in [-0.15, -0.1) is 14.9 Å². The molecule has 2 aliphatic rings. The van der Waals surface area contributed by atoms with Crippen molar-refractivity contribution in [2.45, 2.75) is 63.7 Å². The second-order valence-electron chi connectivity index (χ2n) is 10.4. The van der Waals surface area contributed by atoms with Crippen molar-refractivity contribution >= 4 is 46.2 Å². The van der Waals surface area contributed by atoms with Gasteiger partial charge in [-0.1, -0.05) is 41.8 Å². The zero-order chi connectivity index (χ0) is 24.1. The first-order chi connectivity index (χ1) is 16.2. The molecule has 1 N–H and O–H groups in total. The standard InChI is InChI=1S/C24H30Cl2N6OS/c1-23(2,3)34(33)30-19-8-5-9-24(19)10-12-31(13-11-24)22-27-14-17(21-29-28-15-32(21)22)16-6-4-7-18(25)20(16)26/h4,6-7,14-15,19,30H,5,8-13H2,1-3H3/t19-,34?/m1/s1. The molecule has 0 bridgehead atoms. The van der Waals surface area contributed by atoms with E-state index >= 15 is 0 Å². The molecule has 34 heavy (non-hydrogen) atoms. The fourth-order valence-electron chi connectivity index (χ4n) is 5.32. The topological polar surface area (TPSA) is 81.4 Å². The molecule has 1 aromatic carbocycles. The second kappa shape index (κ2) is 9.13. The lowest BCUT2D eigenvalue weighted by molar-refractivity contribution is 0.186. The highest BCUT2D eigenvalue weighted by molar-refractivity contribution is 7.90. The Kier molecular flexibility index (Phi) is 6.48. The third-order valence-electron chi connectivity index (χ3n) is 7.31. The maximum absolute atomic E-state index is 12.8. The van der Waals surface area contributed by atoms with Crippen molar-refractivity contribution < 1.29 is 4.55 Å². The highest BCUT2D eigenvalue weighted by atomic mass is 35.5. The van der Waals surface area contributed by atoms with Crippen LogP contribution in [0.25, 0.3) is 16.8 Å². The van der Waals surface area contributed by atoms with Crippen molar-refractivity contribution in [2.24, 2.45) is 5.41 Å². The zero-order valence-corrected chi connectivity index (χ0v) is 22.1. The molecule has 2 fully saturated rings. The molecule has 1 saturated heterocycles. The van der Waals surface area contributed by atoms with Crippen molar-refractivity contribution in [3.63, 3.8) is 0 Å². The number of aromatic nitrogens is 4. The van der Waals surface area contributed by atoms with Gasteiger partial charge in [0.05, 0.1) is 16.1 Å². The van der Waals surface area contributed by atoms with E-state index < -0.39 is 11.4 Å². The molecule has 1 spiro atoms. The zero-order valence-electron chi connectivity index (χ0n) is 19.7. The van der Waals surface area contributed by atoms with E-state index in [0.717, 1.165) is 49.4 Å². The van der Waals surface area contributed by atoms with Gasteiger partial charge in [0.15, 0.2) is 5.65 Å². The molecule has 0 radical (unpaired) electrons. The van der Waals surface area contributed by atoms with E-state index in [4.69, 9.17) is 28.2 Å². The summed E-state index contributed by atoms with van der Waals surface area (Å²) < 4.78 is 17.9. The van der Waals surface area contributed by atoms with Crippen molar-refractivity contribution in [1.82, 2.24) is 24.3 Å². The molecular weight excluding hydrogens is 491 g/mol. The molecule has 2 atom stereocenters. The van der Waals surface area contributed by atoms with Gasteiger partial charge < -0.3 is 9.45 Å². The molecule has 1 aliphatic heterocycles. The van der Waals surface area contributed by atoms with Crippen LogP contribution in [0.1, 0.15) is 52.9 Å². The van der Waals surface area contributed by atoms with Gasteiger partial charge in [0.25, 0.3) is 0 Å². The van der Waals surface area contributed by atoms with Crippen molar-refractivity contribution in [3.05, 3.63) is 40.8 Å². The number of anilines is 1. The fourth-order valence-corrected chi connectivity index (χ4v) is 6.70. The van der Waals surface area contributed by atoms with Crippen LogP contribution >= 0.6 is 23.2 Å². The molecular formula is C24H30Cl2N6OS. The predicted octanol–water partition coefficient (Wildman–Crippen LogP) is 5.29. The number of nitrogens with one attached hydrogen (secondary N) is 1. The number of hydrogen-bond acceptors (Lipinski definition) is 6. The summed E-state index contributed by atoms with van der Waals surface area (Å²) in [6.07, 6.45) is 9.05. The second-order valence-corrected chi connectivity index (χ2v) is 13.2. The van der Waals surface area contributed by atoms with E-state index in [0.29, 0.717) is 21.7 Å². The van der Waals surface area contributed by atoms with Crippen molar-refractivity contribution in [2.75, 3.05) is 18.0 Å². The van der Waals surface area contributed by atoms with Crippen LogP contribution in [0.15, 0.2) is 30.7 Å². The van der Waals surface area contributed by atoms with E-state index in [9.17, 15) is 4.55 Å². The van der Waals surface area contributed by atoms with E-state index in [2.05, 4.69) is 19.8 Å². The number of hydrogen-bond donors (Lipinski definition) is 1. The Hall–Kier alpha value is -1.58. The SMILES string of the molecule is CC(C)(C)[S+]([O-])N[C@@H]1CCCC12CCN(c1ncc(-c3cccc(Cl)c3Cl)c3nncn13)CC2. The highest BCUT2D eigenvalue weighted by Gasteiger charge is 2.48. The molecule has 3 aromatic rings. The lowest BCUT2D eigenvalue weighted by atomic mass is 9.74. The summed E-state index contributed by atoms with van der Waals surface area (Å²) in [5.41, 5.74) is 2.48. The average molecular weight is 522 g/mol. The van der Waals surface area contributed by atoms with Gasteiger partial charge in [0.1, 0.15) is 11.1 Å². The highest BCUT2D eigenvalue weighted by Crippen LogP contribution is 2.47. The summed E-state index contributed by atoms with van der Waals surface area (Å²) in [5.74, 6) is 0.831. The fraction of sp³-hybridized carbons (Fsp3) is 0.542. The molecule has 182 valence electrons. The number of fused-ring (bicyclic) bond motifs is 1. The summed E-state index contributed by atoms with van der Waals surface area (Å²) >= 11 is 11.7. The molecule has 1 aliphatic carbocycles. The minimum atomic E-state index is -1.05. The van der Waals surface area contributed by atoms with Crippen molar-refractivity contribution in [3.8, 4) is 11.1 Å². The molecule has 1 saturated carbocycles. The van der Waals surface area contributed by atoms with Gasteiger partial charge in [-0.2, -0.15) is 0 Å². The van der Waals surface area contributed by atoms with Gasteiger partial charge in [0, 0.05) is 41.8 Å². The van der Waals surface area contributed by atoms with E-state index in [-0.39, 0.29) is 10.2 Å². The summed E-state index contributed by atoms with van der Waals surface area (Å²) in [7, 11) is 0. The molecule has 5 rings (SSSR count). The third kappa shape index (κ3) is 4.28. The number of benzene rings is 1. The smallest absolute Gasteiger partial charge is 0.212 e. The van der Waals surface area contributed by atoms with Crippen molar-refractivity contribution in [1.29, 1.82) is 0 Å². The molecule has 0 amide bonds. The van der Waals surface area contributed by atoms with Crippen LogP contribution < -0.4 is 9.62 Å². The van der Waals surface area contributed by atoms with Crippen LogP contribution in [0.5, 0.6) is 0 Å². The summed E-state index contributed by atoms with van der Waals surface area (Å²) in [6, 6.07) is 5.85. The Morgan fingerprint density at radius 3 is 2.65 bits per heavy atom. The van der Waals surface area contributed by atoms with Crippen LogP contribution in [0.2, 0.25) is 10.0 Å². The quantitative estimate of drug-likeness (QED) is 0.470. The third-order valence-corrected chi connectivity index (χ3v) is 9.74. The molecule has 10 heteroatoms. The first kappa shape index (κ1) is 24.1. The van der Waals surface area contributed by atoms with Crippen LogP contribution in [-0.4, -0.2) is 48.0 Å². The maximum atomic E-state index is 12.8. The summed E-state index contributed by atoms with van der Waals surface area (Å²) in [6.45, 7) is 7.85. The predicted molar refractivity (Wildman–Crippen MR) is 139 cm³/mol. The van der Waals surface area contributed by atoms with Crippen LogP contribution in [0, 0.1) is 5.41 Å². The summed E-state index contributed by atoms with van der Waals surface area (Å²) in [5, 5.41) is 9.50. The Morgan fingerprint density at radius 2 is 1.91 bits per heavy atom. The minimum absolute atomic E-state index is 0.192. The number of halogens is 2. The first-order valence-corrected chi connectivity index (χ1v) is 13.7. The van der Waals surface area contributed by atoms with Gasteiger partial charge in [-0.25, -0.2) is 4.98 Å². The van der Waals surface area contributed by atoms with Crippen LogP contribution in [0.4, 0.5) is 5.95 Å². The lowest BCUT2D eigenvalue weighted by Crippen LogP contribution is -2.53.